The fourth-order valence-corrected chi connectivity index (χ4v) is 1.41. The summed E-state index contributed by atoms with van der Waals surface area (Å²) in [7, 11) is 0. The van der Waals surface area contributed by atoms with Gasteiger partial charge in [-0.1, -0.05) is 29.3 Å². The molecule has 82 valence electrons. The molecule has 0 saturated heterocycles. The predicted molar refractivity (Wildman–Crippen MR) is 60.5 cm³/mol. The molecule has 0 aliphatic heterocycles. The number of amides is 1. The van der Waals surface area contributed by atoms with Crippen molar-refractivity contribution in [2.75, 3.05) is 6.61 Å². The summed E-state index contributed by atoms with van der Waals surface area (Å²) in [5.41, 5.74) is 0.310. The zero-order valence-electron chi connectivity index (χ0n) is 8.13. The van der Waals surface area contributed by atoms with Crippen LogP contribution in [-0.2, 0) is 0 Å². The standard InChI is InChI=1S/C10H11Cl2NO2/c1-6(5-14)13-10(15)7-3-2-4-8(11)9(7)12/h2-4,6,14H,5H2,1H3,(H,13,15). The smallest absolute Gasteiger partial charge is 0.253 e. The number of carbonyl (C=O) groups is 1. The fraction of sp³-hybridized carbons (Fsp3) is 0.300. The highest BCUT2D eigenvalue weighted by Crippen LogP contribution is 2.25. The van der Waals surface area contributed by atoms with E-state index in [9.17, 15) is 4.79 Å². The predicted octanol–water partition coefficient (Wildman–Crippen LogP) is 2.10. The van der Waals surface area contributed by atoms with Crippen molar-refractivity contribution in [3.05, 3.63) is 33.8 Å². The maximum absolute atomic E-state index is 11.6. The maximum atomic E-state index is 11.6. The molecule has 2 N–H and O–H groups in total. The van der Waals surface area contributed by atoms with E-state index in [4.69, 9.17) is 28.3 Å². The van der Waals surface area contributed by atoms with E-state index in [1.54, 1.807) is 25.1 Å². The number of rotatable bonds is 3. The molecule has 1 aromatic rings. The Bertz CT molecular complexity index is 368. The Balaban J connectivity index is 2.87. The molecular weight excluding hydrogens is 237 g/mol. The Morgan fingerprint density at radius 3 is 2.80 bits per heavy atom. The van der Waals surface area contributed by atoms with Gasteiger partial charge >= 0.3 is 0 Å². The molecule has 0 aliphatic rings. The summed E-state index contributed by atoms with van der Waals surface area (Å²) in [6.45, 7) is 1.57. The molecule has 1 unspecified atom stereocenters. The van der Waals surface area contributed by atoms with Gasteiger partial charge in [-0.15, -0.1) is 0 Å². The first-order valence-corrected chi connectivity index (χ1v) is 5.17. The molecule has 0 bridgehead atoms. The van der Waals surface area contributed by atoms with Crippen molar-refractivity contribution in [1.29, 1.82) is 0 Å². The SMILES string of the molecule is CC(CO)NC(=O)c1cccc(Cl)c1Cl. The van der Waals surface area contributed by atoms with Crippen LogP contribution in [0.3, 0.4) is 0 Å². The molecule has 5 heteroatoms. The van der Waals surface area contributed by atoms with E-state index in [2.05, 4.69) is 5.32 Å². The Kier molecular flexibility index (Phi) is 4.39. The summed E-state index contributed by atoms with van der Waals surface area (Å²) < 4.78 is 0. The Hall–Kier alpha value is -0.770. The molecule has 0 heterocycles. The fourth-order valence-electron chi connectivity index (χ4n) is 1.03. The second-order valence-electron chi connectivity index (χ2n) is 3.16. The van der Waals surface area contributed by atoms with Crippen molar-refractivity contribution in [2.24, 2.45) is 0 Å². The number of hydrogen-bond acceptors (Lipinski definition) is 2. The Morgan fingerprint density at radius 1 is 1.53 bits per heavy atom. The lowest BCUT2D eigenvalue weighted by Gasteiger charge is -2.11. The summed E-state index contributed by atoms with van der Waals surface area (Å²) in [5, 5.41) is 11.9. The van der Waals surface area contributed by atoms with Gasteiger partial charge in [0.2, 0.25) is 0 Å². The third-order valence-corrected chi connectivity index (χ3v) is 2.67. The van der Waals surface area contributed by atoms with Gasteiger partial charge in [0.05, 0.1) is 22.2 Å². The summed E-state index contributed by atoms with van der Waals surface area (Å²) in [5.74, 6) is -0.343. The molecule has 1 rings (SSSR count). The quantitative estimate of drug-likeness (QED) is 0.860. The summed E-state index contributed by atoms with van der Waals surface area (Å²) in [6.07, 6.45) is 0. The van der Waals surface area contributed by atoms with Gasteiger partial charge in [0.25, 0.3) is 5.91 Å². The van der Waals surface area contributed by atoms with Crippen LogP contribution in [0.25, 0.3) is 0 Å². The van der Waals surface area contributed by atoms with Crippen molar-refractivity contribution in [2.45, 2.75) is 13.0 Å². The summed E-state index contributed by atoms with van der Waals surface area (Å²) >= 11 is 11.6. The van der Waals surface area contributed by atoms with Crippen LogP contribution >= 0.6 is 23.2 Å². The van der Waals surface area contributed by atoms with E-state index in [1.807, 2.05) is 0 Å². The number of benzene rings is 1. The van der Waals surface area contributed by atoms with Gasteiger partial charge in [0, 0.05) is 6.04 Å². The van der Waals surface area contributed by atoms with Gasteiger partial charge in [0.15, 0.2) is 0 Å². The average molecular weight is 248 g/mol. The molecular formula is C10H11Cl2NO2. The minimum absolute atomic E-state index is 0.121. The first kappa shape index (κ1) is 12.3. The Morgan fingerprint density at radius 2 is 2.20 bits per heavy atom. The monoisotopic (exact) mass is 247 g/mol. The number of nitrogens with one attached hydrogen (secondary N) is 1. The lowest BCUT2D eigenvalue weighted by molar-refractivity contribution is 0.0922. The molecule has 0 saturated carbocycles. The number of carbonyl (C=O) groups excluding carboxylic acids is 1. The third-order valence-electron chi connectivity index (χ3n) is 1.85. The maximum Gasteiger partial charge on any atom is 0.253 e. The van der Waals surface area contributed by atoms with Crippen LogP contribution in [0.5, 0.6) is 0 Å². The van der Waals surface area contributed by atoms with Crippen LogP contribution in [0.4, 0.5) is 0 Å². The second-order valence-corrected chi connectivity index (χ2v) is 3.94. The van der Waals surface area contributed by atoms with E-state index in [-0.39, 0.29) is 23.6 Å². The molecule has 0 radical (unpaired) electrons. The molecule has 0 spiro atoms. The van der Waals surface area contributed by atoms with Crippen LogP contribution in [0, 0.1) is 0 Å². The van der Waals surface area contributed by atoms with Gasteiger partial charge in [0.1, 0.15) is 0 Å². The van der Waals surface area contributed by atoms with Crippen molar-refractivity contribution >= 4 is 29.1 Å². The van der Waals surface area contributed by atoms with Crippen molar-refractivity contribution in [1.82, 2.24) is 5.32 Å². The molecule has 1 atom stereocenters. The van der Waals surface area contributed by atoms with Crippen LogP contribution in [0.2, 0.25) is 10.0 Å². The first-order chi connectivity index (χ1) is 7.06. The highest BCUT2D eigenvalue weighted by Gasteiger charge is 2.13. The average Bonchev–Trinajstić information content (AvgIpc) is 2.21. The molecule has 0 aromatic heterocycles. The van der Waals surface area contributed by atoms with Gasteiger partial charge in [-0.25, -0.2) is 0 Å². The van der Waals surface area contributed by atoms with E-state index in [0.717, 1.165) is 0 Å². The highest BCUT2D eigenvalue weighted by atomic mass is 35.5. The Labute approximate surface area is 98.0 Å². The molecule has 15 heavy (non-hydrogen) atoms. The van der Waals surface area contributed by atoms with Gasteiger partial charge < -0.3 is 10.4 Å². The van der Waals surface area contributed by atoms with Gasteiger partial charge in [-0.2, -0.15) is 0 Å². The van der Waals surface area contributed by atoms with Crippen LogP contribution in [0.1, 0.15) is 17.3 Å². The lowest BCUT2D eigenvalue weighted by Crippen LogP contribution is -2.35. The number of hydrogen-bond donors (Lipinski definition) is 2. The molecule has 0 aliphatic carbocycles. The van der Waals surface area contributed by atoms with E-state index in [0.29, 0.717) is 10.6 Å². The summed E-state index contributed by atoms with van der Waals surface area (Å²) in [6, 6.07) is 4.52. The highest BCUT2D eigenvalue weighted by molar-refractivity contribution is 6.43. The minimum atomic E-state index is -0.343. The van der Waals surface area contributed by atoms with E-state index >= 15 is 0 Å². The molecule has 1 amide bonds. The zero-order chi connectivity index (χ0) is 11.4. The van der Waals surface area contributed by atoms with Crippen LogP contribution < -0.4 is 5.32 Å². The van der Waals surface area contributed by atoms with E-state index in [1.165, 1.54) is 0 Å². The molecule has 1 aromatic carbocycles. The second kappa shape index (κ2) is 5.35. The molecule has 0 fully saturated rings. The van der Waals surface area contributed by atoms with E-state index < -0.39 is 0 Å². The molecule has 3 nitrogen and oxygen atoms in total. The lowest BCUT2D eigenvalue weighted by atomic mass is 10.2. The largest absolute Gasteiger partial charge is 0.394 e. The number of aliphatic hydroxyl groups excluding tert-OH is 1. The van der Waals surface area contributed by atoms with Crippen LogP contribution in [-0.4, -0.2) is 23.7 Å². The zero-order valence-corrected chi connectivity index (χ0v) is 9.64. The topological polar surface area (TPSA) is 49.3 Å². The summed E-state index contributed by atoms with van der Waals surface area (Å²) in [4.78, 5) is 11.6. The number of halogens is 2. The first-order valence-electron chi connectivity index (χ1n) is 4.42. The number of aliphatic hydroxyl groups is 1. The third kappa shape index (κ3) is 3.09. The van der Waals surface area contributed by atoms with Crippen molar-refractivity contribution in [3.8, 4) is 0 Å². The normalized spacial score (nSPS) is 12.3. The van der Waals surface area contributed by atoms with Crippen LogP contribution in [0.15, 0.2) is 18.2 Å². The van der Waals surface area contributed by atoms with Crippen molar-refractivity contribution in [3.63, 3.8) is 0 Å². The van der Waals surface area contributed by atoms with Gasteiger partial charge in [-0.3, -0.25) is 4.79 Å². The minimum Gasteiger partial charge on any atom is -0.394 e. The van der Waals surface area contributed by atoms with Crippen molar-refractivity contribution < 1.29 is 9.90 Å². The van der Waals surface area contributed by atoms with Gasteiger partial charge in [-0.05, 0) is 19.1 Å².